The van der Waals surface area contributed by atoms with Gasteiger partial charge in [-0.15, -0.1) is 0 Å². The molecule has 1 aromatic rings. The second-order valence-corrected chi connectivity index (χ2v) is 5.22. The van der Waals surface area contributed by atoms with Crippen LogP contribution in [0, 0.1) is 5.92 Å². The van der Waals surface area contributed by atoms with Crippen LogP contribution in [0.2, 0.25) is 0 Å². The van der Waals surface area contributed by atoms with Gasteiger partial charge in [0, 0.05) is 18.7 Å². The standard InChI is InChI=1S/C15H21F2NO3/c1-20-13-7-3-5-11(14(13)21-15(16)17)9-18-8-10-4-2-6-12(10)19/h3,5,7,10,12,15,18-19H,2,4,6,8-9H2,1H3. The van der Waals surface area contributed by atoms with E-state index in [1.807, 2.05) is 0 Å². The molecule has 2 N–H and O–H groups in total. The first-order chi connectivity index (χ1) is 10.1. The van der Waals surface area contributed by atoms with Gasteiger partial charge in [-0.25, -0.2) is 0 Å². The molecule has 118 valence electrons. The smallest absolute Gasteiger partial charge is 0.387 e. The zero-order valence-corrected chi connectivity index (χ0v) is 12.0. The lowest BCUT2D eigenvalue weighted by atomic mass is 10.1. The number of ether oxygens (including phenoxy) is 2. The van der Waals surface area contributed by atoms with Crippen molar-refractivity contribution in [2.75, 3.05) is 13.7 Å². The zero-order valence-electron chi connectivity index (χ0n) is 12.0. The summed E-state index contributed by atoms with van der Waals surface area (Å²) in [6.07, 6.45) is 2.60. The van der Waals surface area contributed by atoms with Crippen molar-refractivity contribution in [3.05, 3.63) is 23.8 Å². The van der Waals surface area contributed by atoms with E-state index in [9.17, 15) is 13.9 Å². The fraction of sp³-hybridized carbons (Fsp3) is 0.600. The number of aliphatic hydroxyl groups excluding tert-OH is 1. The van der Waals surface area contributed by atoms with Crippen molar-refractivity contribution in [1.82, 2.24) is 5.32 Å². The predicted molar refractivity (Wildman–Crippen MR) is 74.7 cm³/mol. The van der Waals surface area contributed by atoms with Gasteiger partial charge in [0.15, 0.2) is 11.5 Å². The first kappa shape index (κ1) is 16.0. The molecule has 0 aliphatic heterocycles. The normalized spacial score (nSPS) is 21.8. The third-order valence-electron chi connectivity index (χ3n) is 3.83. The molecular weight excluding hydrogens is 280 g/mol. The fourth-order valence-electron chi connectivity index (χ4n) is 2.73. The van der Waals surface area contributed by atoms with Gasteiger partial charge in [0.25, 0.3) is 0 Å². The van der Waals surface area contributed by atoms with Crippen LogP contribution in [0.1, 0.15) is 24.8 Å². The number of halogens is 2. The second-order valence-electron chi connectivity index (χ2n) is 5.22. The van der Waals surface area contributed by atoms with E-state index in [4.69, 9.17) is 4.74 Å². The summed E-state index contributed by atoms with van der Waals surface area (Å²) in [5.41, 5.74) is 0.613. The molecule has 1 aromatic carbocycles. The molecule has 0 bridgehead atoms. The van der Waals surface area contributed by atoms with Crippen LogP contribution in [0.4, 0.5) is 8.78 Å². The van der Waals surface area contributed by atoms with E-state index in [1.54, 1.807) is 18.2 Å². The molecule has 0 spiro atoms. The lowest BCUT2D eigenvalue weighted by molar-refractivity contribution is -0.0518. The SMILES string of the molecule is COc1cccc(CNCC2CCCC2O)c1OC(F)F. The highest BCUT2D eigenvalue weighted by molar-refractivity contribution is 5.46. The molecule has 0 amide bonds. The highest BCUT2D eigenvalue weighted by Gasteiger charge is 2.24. The quantitative estimate of drug-likeness (QED) is 0.812. The average Bonchev–Trinajstić information content (AvgIpc) is 2.85. The molecule has 21 heavy (non-hydrogen) atoms. The monoisotopic (exact) mass is 301 g/mol. The molecule has 0 radical (unpaired) electrons. The van der Waals surface area contributed by atoms with Gasteiger partial charge < -0.3 is 19.9 Å². The Bertz CT molecular complexity index is 457. The molecule has 4 nitrogen and oxygen atoms in total. The highest BCUT2D eigenvalue weighted by Crippen LogP contribution is 2.32. The Labute approximate surface area is 123 Å². The number of alkyl halides is 2. The maximum atomic E-state index is 12.5. The van der Waals surface area contributed by atoms with Crippen LogP contribution in [-0.4, -0.2) is 31.5 Å². The number of benzene rings is 1. The van der Waals surface area contributed by atoms with E-state index in [2.05, 4.69) is 10.1 Å². The molecule has 2 atom stereocenters. The number of nitrogens with one attached hydrogen (secondary N) is 1. The molecule has 6 heteroatoms. The van der Waals surface area contributed by atoms with Crippen molar-refractivity contribution >= 4 is 0 Å². The largest absolute Gasteiger partial charge is 0.493 e. The van der Waals surface area contributed by atoms with Crippen LogP contribution >= 0.6 is 0 Å². The molecule has 0 aromatic heterocycles. The summed E-state index contributed by atoms with van der Waals surface area (Å²) in [4.78, 5) is 0. The maximum Gasteiger partial charge on any atom is 0.387 e. The molecule has 0 saturated heterocycles. The summed E-state index contributed by atoms with van der Waals surface area (Å²) < 4.78 is 34.6. The van der Waals surface area contributed by atoms with Gasteiger partial charge in [0.2, 0.25) is 0 Å². The topological polar surface area (TPSA) is 50.7 Å². The average molecular weight is 301 g/mol. The summed E-state index contributed by atoms with van der Waals surface area (Å²) >= 11 is 0. The lowest BCUT2D eigenvalue weighted by Gasteiger charge is -2.17. The first-order valence-corrected chi connectivity index (χ1v) is 7.11. The van der Waals surface area contributed by atoms with Gasteiger partial charge >= 0.3 is 6.61 Å². The molecule has 1 aliphatic carbocycles. The summed E-state index contributed by atoms with van der Waals surface area (Å²) in [6.45, 7) is -1.84. The van der Waals surface area contributed by atoms with E-state index in [-0.39, 0.29) is 23.5 Å². The minimum absolute atomic E-state index is 0.0643. The third-order valence-corrected chi connectivity index (χ3v) is 3.83. The molecule has 2 rings (SSSR count). The number of aliphatic hydroxyl groups is 1. The predicted octanol–water partition coefficient (Wildman–Crippen LogP) is 2.55. The van der Waals surface area contributed by atoms with Gasteiger partial charge in [-0.1, -0.05) is 18.6 Å². The number of methoxy groups -OCH3 is 1. The number of para-hydroxylation sites is 1. The van der Waals surface area contributed by atoms with Crippen LogP contribution < -0.4 is 14.8 Å². The van der Waals surface area contributed by atoms with Crippen molar-refractivity contribution < 1.29 is 23.4 Å². The molecule has 0 heterocycles. The minimum atomic E-state index is -2.89. The Morgan fingerprint density at radius 1 is 1.38 bits per heavy atom. The van der Waals surface area contributed by atoms with Crippen molar-refractivity contribution in [1.29, 1.82) is 0 Å². The van der Waals surface area contributed by atoms with Crippen LogP contribution in [-0.2, 0) is 6.54 Å². The van der Waals surface area contributed by atoms with E-state index in [0.717, 1.165) is 19.3 Å². The number of rotatable bonds is 7. The lowest BCUT2D eigenvalue weighted by Crippen LogP contribution is -2.27. The molecule has 2 unspecified atom stereocenters. The Morgan fingerprint density at radius 3 is 2.81 bits per heavy atom. The van der Waals surface area contributed by atoms with E-state index in [0.29, 0.717) is 18.7 Å². The van der Waals surface area contributed by atoms with E-state index < -0.39 is 6.61 Å². The third kappa shape index (κ3) is 4.28. The zero-order chi connectivity index (χ0) is 15.2. The van der Waals surface area contributed by atoms with Crippen LogP contribution in [0.25, 0.3) is 0 Å². The van der Waals surface area contributed by atoms with Crippen molar-refractivity contribution in [3.63, 3.8) is 0 Å². The van der Waals surface area contributed by atoms with Crippen LogP contribution in [0.15, 0.2) is 18.2 Å². The first-order valence-electron chi connectivity index (χ1n) is 7.11. The minimum Gasteiger partial charge on any atom is -0.493 e. The van der Waals surface area contributed by atoms with Crippen molar-refractivity contribution in [3.8, 4) is 11.5 Å². The number of hydrogen-bond donors (Lipinski definition) is 2. The molecule has 1 fully saturated rings. The van der Waals surface area contributed by atoms with Gasteiger partial charge in [0.05, 0.1) is 13.2 Å². The fourth-order valence-corrected chi connectivity index (χ4v) is 2.73. The van der Waals surface area contributed by atoms with Gasteiger partial charge in [-0.05, 0) is 24.8 Å². The summed E-state index contributed by atoms with van der Waals surface area (Å²) in [7, 11) is 1.42. The Morgan fingerprint density at radius 2 is 2.19 bits per heavy atom. The van der Waals surface area contributed by atoms with E-state index >= 15 is 0 Å². The summed E-state index contributed by atoms with van der Waals surface area (Å²) in [5.74, 6) is 0.583. The Hall–Kier alpha value is -1.40. The molecule has 1 aliphatic rings. The maximum absolute atomic E-state index is 12.5. The highest BCUT2D eigenvalue weighted by atomic mass is 19.3. The van der Waals surface area contributed by atoms with Gasteiger partial charge in [-0.3, -0.25) is 0 Å². The van der Waals surface area contributed by atoms with Crippen LogP contribution in [0.3, 0.4) is 0 Å². The Kier molecular flexibility index (Phi) is 5.76. The summed E-state index contributed by atoms with van der Waals surface area (Å²) in [5, 5.41) is 13.0. The van der Waals surface area contributed by atoms with Crippen LogP contribution in [0.5, 0.6) is 11.5 Å². The Balaban J connectivity index is 1.98. The van der Waals surface area contributed by atoms with E-state index in [1.165, 1.54) is 7.11 Å². The van der Waals surface area contributed by atoms with Crippen molar-refractivity contribution in [2.45, 2.75) is 38.5 Å². The summed E-state index contributed by atoms with van der Waals surface area (Å²) in [6, 6.07) is 5.04. The molecule has 1 saturated carbocycles. The molecular formula is C15H21F2NO3. The second kappa shape index (κ2) is 7.56. The van der Waals surface area contributed by atoms with Gasteiger partial charge in [-0.2, -0.15) is 8.78 Å². The van der Waals surface area contributed by atoms with Crippen molar-refractivity contribution in [2.24, 2.45) is 5.92 Å². The van der Waals surface area contributed by atoms with Gasteiger partial charge in [0.1, 0.15) is 0 Å². The number of hydrogen-bond acceptors (Lipinski definition) is 4.